The normalized spacial score (nSPS) is 11.9. The highest BCUT2D eigenvalue weighted by molar-refractivity contribution is 9.09. The van der Waals surface area contributed by atoms with Gasteiger partial charge in [-0.05, 0) is 19.4 Å². The highest BCUT2D eigenvalue weighted by Gasteiger charge is 2.15. The van der Waals surface area contributed by atoms with Gasteiger partial charge in [-0.25, -0.2) is 0 Å². The molecular weight excluding hydrogens is 323 g/mol. The summed E-state index contributed by atoms with van der Waals surface area (Å²) in [6, 6.07) is 3.81. The SMILES string of the molecule is CC(CCBr)NC(=O)c1cc(Cl)cc([N+](=O)[O-])c1. The molecule has 1 atom stereocenters. The van der Waals surface area contributed by atoms with Gasteiger partial charge in [-0.2, -0.15) is 0 Å². The van der Waals surface area contributed by atoms with E-state index in [-0.39, 0.29) is 28.2 Å². The second-order valence-corrected chi connectivity index (χ2v) is 5.04. The van der Waals surface area contributed by atoms with E-state index >= 15 is 0 Å². The van der Waals surface area contributed by atoms with Crippen molar-refractivity contribution in [3.05, 3.63) is 38.9 Å². The maximum Gasteiger partial charge on any atom is 0.271 e. The van der Waals surface area contributed by atoms with Gasteiger partial charge in [0.15, 0.2) is 0 Å². The number of carbonyl (C=O) groups excluding carboxylic acids is 1. The monoisotopic (exact) mass is 334 g/mol. The molecule has 18 heavy (non-hydrogen) atoms. The summed E-state index contributed by atoms with van der Waals surface area (Å²) in [5, 5.41) is 14.3. The Kier molecular flexibility index (Phi) is 5.55. The van der Waals surface area contributed by atoms with E-state index < -0.39 is 4.92 Å². The number of hydrogen-bond donors (Lipinski definition) is 1. The number of nitro groups is 1. The predicted octanol–water partition coefficient (Wildman–Crippen LogP) is 3.15. The third kappa shape index (κ3) is 4.27. The molecule has 1 N–H and O–H groups in total. The Morgan fingerprint density at radius 1 is 1.56 bits per heavy atom. The summed E-state index contributed by atoms with van der Waals surface area (Å²) in [6.45, 7) is 1.86. The van der Waals surface area contributed by atoms with Crippen molar-refractivity contribution in [2.24, 2.45) is 0 Å². The van der Waals surface area contributed by atoms with Gasteiger partial charge in [0.05, 0.1) is 4.92 Å². The van der Waals surface area contributed by atoms with Crippen molar-refractivity contribution < 1.29 is 9.72 Å². The molecule has 98 valence electrons. The maximum atomic E-state index is 11.8. The van der Waals surface area contributed by atoms with Crippen molar-refractivity contribution in [1.82, 2.24) is 5.32 Å². The zero-order valence-corrected chi connectivity index (χ0v) is 12.0. The summed E-state index contributed by atoms with van der Waals surface area (Å²) >= 11 is 9.02. The van der Waals surface area contributed by atoms with Crippen LogP contribution in [-0.4, -0.2) is 22.2 Å². The van der Waals surface area contributed by atoms with E-state index in [4.69, 9.17) is 11.6 Å². The minimum atomic E-state index is -0.579. The molecule has 0 aromatic heterocycles. The second-order valence-electron chi connectivity index (χ2n) is 3.81. The Morgan fingerprint density at radius 2 is 2.22 bits per heavy atom. The molecular formula is C11H12BrClN2O3. The summed E-state index contributed by atoms with van der Waals surface area (Å²) in [5.41, 5.74) is -0.00332. The topological polar surface area (TPSA) is 72.2 Å². The van der Waals surface area contributed by atoms with Crippen LogP contribution in [0.25, 0.3) is 0 Å². The van der Waals surface area contributed by atoms with Gasteiger partial charge in [0.25, 0.3) is 11.6 Å². The number of rotatable bonds is 5. The van der Waals surface area contributed by atoms with Gasteiger partial charge in [-0.1, -0.05) is 27.5 Å². The van der Waals surface area contributed by atoms with Crippen LogP contribution in [0.5, 0.6) is 0 Å². The van der Waals surface area contributed by atoms with Gasteiger partial charge in [0.1, 0.15) is 0 Å². The van der Waals surface area contributed by atoms with E-state index in [9.17, 15) is 14.9 Å². The van der Waals surface area contributed by atoms with Crippen molar-refractivity contribution in [2.45, 2.75) is 19.4 Å². The van der Waals surface area contributed by atoms with E-state index in [2.05, 4.69) is 21.2 Å². The lowest BCUT2D eigenvalue weighted by Crippen LogP contribution is -2.32. The molecule has 0 radical (unpaired) electrons. The molecule has 0 saturated heterocycles. The first-order valence-electron chi connectivity index (χ1n) is 5.26. The molecule has 1 unspecified atom stereocenters. The Labute approximate surface area is 118 Å². The van der Waals surface area contributed by atoms with Crippen LogP contribution in [0.1, 0.15) is 23.7 Å². The lowest BCUT2D eigenvalue weighted by atomic mass is 10.1. The number of benzene rings is 1. The van der Waals surface area contributed by atoms with Gasteiger partial charge in [-0.3, -0.25) is 14.9 Å². The van der Waals surface area contributed by atoms with Gasteiger partial charge in [0.2, 0.25) is 0 Å². The summed E-state index contributed by atoms with van der Waals surface area (Å²) in [7, 11) is 0. The van der Waals surface area contributed by atoms with Crippen LogP contribution in [0.3, 0.4) is 0 Å². The van der Waals surface area contributed by atoms with Crippen LogP contribution in [0.4, 0.5) is 5.69 Å². The van der Waals surface area contributed by atoms with Crippen molar-refractivity contribution >= 4 is 39.1 Å². The number of nitrogens with one attached hydrogen (secondary N) is 1. The number of carbonyl (C=O) groups is 1. The van der Waals surface area contributed by atoms with E-state index in [1.807, 2.05) is 6.92 Å². The lowest BCUT2D eigenvalue weighted by Gasteiger charge is -2.12. The molecule has 0 fully saturated rings. The number of alkyl halides is 1. The third-order valence-corrected chi connectivity index (χ3v) is 2.95. The fourth-order valence-corrected chi connectivity index (χ4v) is 2.27. The first-order valence-corrected chi connectivity index (χ1v) is 6.75. The number of amides is 1. The number of nitrogens with zero attached hydrogens (tertiary/aromatic N) is 1. The van der Waals surface area contributed by atoms with Gasteiger partial charge in [-0.15, -0.1) is 0 Å². The Bertz CT molecular complexity index is 468. The molecule has 0 bridgehead atoms. The van der Waals surface area contributed by atoms with Crippen molar-refractivity contribution in [3.63, 3.8) is 0 Å². The number of hydrogen-bond acceptors (Lipinski definition) is 3. The molecule has 0 aliphatic rings. The summed E-state index contributed by atoms with van der Waals surface area (Å²) in [5.74, 6) is -0.367. The van der Waals surface area contributed by atoms with Crippen molar-refractivity contribution in [2.75, 3.05) is 5.33 Å². The van der Waals surface area contributed by atoms with Gasteiger partial charge >= 0.3 is 0 Å². The fourth-order valence-electron chi connectivity index (χ4n) is 1.35. The minimum absolute atomic E-state index is 0.0186. The molecule has 0 aliphatic heterocycles. The third-order valence-electron chi connectivity index (χ3n) is 2.28. The smallest absolute Gasteiger partial charge is 0.271 e. The first-order chi connectivity index (χ1) is 8.43. The zero-order valence-electron chi connectivity index (χ0n) is 9.65. The highest BCUT2D eigenvalue weighted by Crippen LogP contribution is 2.20. The molecule has 0 aliphatic carbocycles. The average Bonchev–Trinajstić information content (AvgIpc) is 2.28. The molecule has 5 nitrogen and oxygen atoms in total. The molecule has 0 heterocycles. The van der Waals surface area contributed by atoms with E-state index in [0.29, 0.717) is 0 Å². The van der Waals surface area contributed by atoms with Crippen LogP contribution in [-0.2, 0) is 0 Å². The zero-order chi connectivity index (χ0) is 13.7. The maximum absolute atomic E-state index is 11.8. The van der Waals surface area contributed by atoms with E-state index in [1.54, 1.807) is 0 Å². The molecule has 1 aromatic rings. The van der Waals surface area contributed by atoms with Gasteiger partial charge in [0, 0.05) is 34.1 Å². The van der Waals surface area contributed by atoms with E-state index in [1.165, 1.54) is 18.2 Å². The lowest BCUT2D eigenvalue weighted by molar-refractivity contribution is -0.384. The minimum Gasteiger partial charge on any atom is -0.350 e. The van der Waals surface area contributed by atoms with Gasteiger partial charge < -0.3 is 5.32 Å². The number of non-ortho nitro benzene ring substituents is 1. The van der Waals surface area contributed by atoms with Crippen LogP contribution >= 0.6 is 27.5 Å². The number of nitro benzene ring substituents is 1. The summed E-state index contributed by atoms with van der Waals surface area (Å²) in [4.78, 5) is 21.9. The predicted molar refractivity (Wildman–Crippen MR) is 73.4 cm³/mol. The van der Waals surface area contributed by atoms with Crippen LogP contribution in [0.2, 0.25) is 5.02 Å². The van der Waals surface area contributed by atoms with Crippen molar-refractivity contribution in [1.29, 1.82) is 0 Å². The van der Waals surface area contributed by atoms with Crippen LogP contribution < -0.4 is 5.32 Å². The summed E-state index contributed by atoms with van der Waals surface area (Å²) in [6.07, 6.45) is 0.772. The van der Waals surface area contributed by atoms with Crippen LogP contribution in [0, 0.1) is 10.1 Å². The molecule has 1 aromatic carbocycles. The van der Waals surface area contributed by atoms with Crippen LogP contribution in [0.15, 0.2) is 18.2 Å². The highest BCUT2D eigenvalue weighted by atomic mass is 79.9. The Morgan fingerprint density at radius 3 is 2.78 bits per heavy atom. The van der Waals surface area contributed by atoms with E-state index in [0.717, 1.165) is 11.8 Å². The molecule has 1 amide bonds. The first kappa shape index (κ1) is 14.9. The standard InChI is InChI=1S/C11H12BrClN2O3/c1-7(2-3-12)14-11(16)8-4-9(13)6-10(5-8)15(17)18/h4-7H,2-3H2,1H3,(H,14,16). The molecule has 0 spiro atoms. The molecule has 0 saturated carbocycles. The molecule has 7 heteroatoms. The number of halogens is 2. The fraction of sp³-hybridized carbons (Fsp3) is 0.364. The quantitative estimate of drug-likeness (QED) is 0.510. The summed E-state index contributed by atoms with van der Waals surface area (Å²) < 4.78 is 0. The van der Waals surface area contributed by atoms with Crippen molar-refractivity contribution in [3.8, 4) is 0 Å². The Hall–Kier alpha value is -1.14. The molecule has 1 rings (SSSR count). The Balaban J connectivity index is 2.88. The second kappa shape index (κ2) is 6.70. The largest absolute Gasteiger partial charge is 0.350 e. The average molecular weight is 336 g/mol.